The number of methoxy groups -OCH3 is 2. The molecule has 2 aromatic carbocycles. The smallest absolute Gasteiger partial charge is 0.119 e. The first-order chi connectivity index (χ1) is 24.7. The highest BCUT2D eigenvalue weighted by molar-refractivity contribution is 5.82. The van der Waals surface area contributed by atoms with Crippen molar-refractivity contribution in [3.63, 3.8) is 0 Å². The van der Waals surface area contributed by atoms with Crippen LogP contribution in [-0.2, 0) is 9.47 Å². The van der Waals surface area contributed by atoms with Crippen molar-refractivity contribution in [2.75, 3.05) is 64.1 Å². The van der Waals surface area contributed by atoms with Gasteiger partial charge in [0.25, 0.3) is 0 Å². The van der Waals surface area contributed by atoms with E-state index in [9.17, 15) is 0 Å². The molecule has 0 radical (unpaired) electrons. The molecule has 4 heterocycles. The summed E-state index contributed by atoms with van der Waals surface area (Å²) in [5, 5.41) is 19.8. The second kappa shape index (κ2) is 14.5. The Hall–Kier alpha value is -4.92. The standard InChI is InChI=1S/C42H48N6O2/c1-49-31-9-13-37-33(25-31)41-35-27-47(21-15-29(35)7-11-39(41)45-37)23-19-43-17-5-3-4-6-18-44-20-24-48-22-16-30-8-12-40-42(36(30)28-48)34-26-32(50-2)10-14-38(34)46-40/h7-16,21-22,25-28,37-38,43-46H,3-6,17-20,23-24H2,1-2H3. The first-order valence-corrected chi connectivity index (χ1v) is 18.2. The molecule has 4 N–H and O–H groups in total. The molecule has 258 valence electrons. The maximum Gasteiger partial charge on any atom is 0.119 e. The Morgan fingerprint density at radius 2 is 1.08 bits per heavy atom. The average molecular weight is 669 g/mol. The van der Waals surface area contributed by atoms with E-state index in [0.717, 1.165) is 50.8 Å². The zero-order valence-corrected chi connectivity index (χ0v) is 29.2. The van der Waals surface area contributed by atoms with Crippen LogP contribution in [-0.4, -0.2) is 75.4 Å². The molecule has 0 bridgehead atoms. The molecule has 4 aliphatic heterocycles. The zero-order valence-electron chi connectivity index (χ0n) is 29.2. The predicted octanol–water partition coefficient (Wildman–Crippen LogP) is 3.26. The number of benzene rings is 2. The van der Waals surface area contributed by atoms with E-state index in [0.29, 0.717) is 0 Å². The normalized spacial score (nSPS) is 20.0. The molecule has 0 amide bonds. The number of hydrogen-bond donors (Lipinski definition) is 4. The number of unbranched alkanes of at least 4 members (excludes halogenated alkanes) is 3. The molecule has 0 saturated heterocycles. The Morgan fingerprint density at radius 3 is 1.54 bits per heavy atom. The molecule has 0 saturated carbocycles. The quantitative estimate of drug-likeness (QED) is 0.216. The summed E-state index contributed by atoms with van der Waals surface area (Å²) in [6.07, 6.45) is 31.2. The number of fused-ring (bicyclic) bond motifs is 8. The van der Waals surface area contributed by atoms with Gasteiger partial charge in [-0.3, -0.25) is 0 Å². The second-order valence-corrected chi connectivity index (χ2v) is 13.6. The van der Waals surface area contributed by atoms with E-state index in [-0.39, 0.29) is 12.1 Å². The van der Waals surface area contributed by atoms with Crippen LogP contribution in [0.4, 0.5) is 11.4 Å². The van der Waals surface area contributed by atoms with E-state index < -0.39 is 0 Å². The Bertz CT molecular complexity index is 1940. The van der Waals surface area contributed by atoms with Gasteiger partial charge in [0.1, 0.15) is 11.5 Å². The van der Waals surface area contributed by atoms with Crippen LogP contribution in [0.15, 0.2) is 84.6 Å². The van der Waals surface area contributed by atoms with Gasteiger partial charge in [-0.1, -0.05) is 37.1 Å². The molecule has 50 heavy (non-hydrogen) atoms. The number of hydrogen-bond acceptors (Lipinski definition) is 8. The molecule has 0 spiro atoms. The third-order valence-electron chi connectivity index (χ3n) is 10.4. The summed E-state index contributed by atoms with van der Waals surface area (Å²) in [4.78, 5) is 4.62. The van der Waals surface area contributed by atoms with Gasteiger partial charge in [0.2, 0.25) is 0 Å². The van der Waals surface area contributed by atoms with Crippen molar-refractivity contribution < 1.29 is 9.47 Å². The topological polar surface area (TPSA) is 73.1 Å². The van der Waals surface area contributed by atoms with Crippen molar-refractivity contribution in [2.45, 2.75) is 37.8 Å². The fourth-order valence-corrected chi connectivity index (χ4v) is 7.74. The zero-order chi connectivity index (χ0) is 33.9. The van der Waals surface area contributed by atoms with Gasteiger partial charge < -0.3 is 40.5 Å². The molecule has 0 aromatic heterocycles. The molecule has 8 rings (SSSR count). The highest BCUT2D eigenvalue weighted by Crippen LogP contribution is 2.26. The van der Waals surface area contributed by atoms with Gasteiger partial charge in [-0.15, -0.1) is 0 Å². The largest absolute Gasteiger partial charge is 0.497 e. The van der Waals surface area contributed by atoms with Gasteiger partial charge in [-0.2, -0.15) is 0 Å². The van der Waals surface area contributed by atoms with Crippen LogP contribution >= 0.6 is 0 Å². The van der Waals surface area contributed by atoms with E-state index in [4.69, 9.17) is 9.47 Å². The first kappa shape index (κ1) is 32.3. The predicted molar refractivity (Wildman–Crippen MR) is 206 cm³/mol. The molecule has 0 fully saturated rings. The number of rotatable bonds is 15. The van der Waals surface area contributed by atoms with E-state index in [1.807, 2.05) is 12.2 Å². The Morgan fingerprint density at radius 1 is 0.600 bits per heavy atom. The number of ether oxygens (including phenoxy) is 2. The van der Waals surface area contributed by atoms with Crippen LogP contribution < -0.4 is 42.1 Å². The van der Waals surface area contributed by atoms with Crippen molar-refractivity contribution in [1.29, 1.82) is 0 Å². The summed E-state index contributed by atoms with van der Waals surface area (Å²) >= 11 is 0. The van der Waals surface area contributed by atoms with Gasteiger partial charge in [0, 0.05) is 83.2 Å². The van der Waals surface area contributed by atoms with E-state index in [1.165, 1.54) is 80.2 Å². The molecular weight excluding hydrogens is 621 g/mol. The van der Waals surface area contributed by atoms with Crippen molar-refractivity contribution in [3.8, 4) is 0 Å². The van der Waals surface area contributed by atoms with E-state index >= 15 is 0 Å². The lowest BCUT2D eigenvalue weighted by atomic mass is 9.99. The minimum Gasteiger partial charge on any atom is -0.497 e. The number of allylic oxidation sites excluding steroid dienone is 2. The van der Waals surface area contributed by atoms with E-state index in [1.54, 1.807) is 14.2 Å². The summed E-state index contributed by atoms with van der Waals surface area (Å²) in [6, 6.07) is 9.24. The minimum atomic E-state index is 0.208. The lowest BCUT2D eigenvalue weighted by molar-refractivity contribution is 0.306. The summed E-state index contributed by atoms with van der Waals surface area (Å²) in [7, 11) is 3.47. The van der Waals surface area contributed by atoms with E-state index in [2.05, 4.69) is 117 Å². The van der Waals surface area contributed by atoms with Crippen molar-refractivity contribution >= 4 is 47.1 Å². The number of nitrogens with one attached hydrogen (secondary N) is 4. The van der Waals surface area contributed by atoms with Gasteiger partial charge in [0.05, 0.1) is 26.3 Å². The van der Waals surface area contributed by atoms with Crippen molar-refractivity contribution in [3.05, 3.63) is 117 Å². The van der Waals surface area contributed by atoms with Crippen LogP contribution in [0.25, 0.3) is 35.7 Å². The molecule has 8 heteroatoms. The average Bonchev–Trinajstić information content (AvgIpc) is 3.73. The van der Waals surface area contributed by atoms with Crippen molar-refractivity contribution in [2.24, 2.45) is 0 Å². The highest BCUT2D eigenvalue weighted by Gasteiger charge is 2.25. The fourth-order valence-electron chi connectivity index (χ4n) is 7.74. The maximum atomic E-state index is 5.53. The third kappa shape index (κ3) is 6.53. The fraction of sp³-hybridized carbons (Fsp3) is 0.333. The minimum absolute atomic E-state index is 0.208. The van der Waals surface area contributed by atoms with Gasteiger partial charge in [-0.25, -0.2) is 0 Å². The summed E-state index contributed by atoms with van der Waals surface area (Å²) < 4.78 is 11.1. The SMILES string of the molecule is COC1=CC2=c3c(ccc4c3=CN(CCNCCCCCCNCCN3C=Cc5ccc6c(c5=C3)=C3C=C(OC)C=CC3N6)C=C4)NC2C=C1. The van der Waals surface area contributed by atoms with Crippen LogP contribution in [0.2, 0.25) is 0 Å². The van der Waals surface area contributed by atoms with Crippen molar-refractivity contribution in [1.82, 2.24) is 20.4 Å². The molecular formula is C42H48N6O2. The summed E-state index contributed by atoms with van der Waals surface area (Å²) in [5.74, 6) is 1.80. The Balaban J connectivity index is 0.739. The molecule has 2 aromatic rings. The summed E-state index contributed by atoms with van der Waals surface area (Å²) in [5.41, 5.74) is 7.49. The Kier molecular flexibility index (Phi) is 9.37. The lowest BCUT2D eigenvalue weighted by Gasteiger charge is -2.20. The monoisotopic (exact) mass is 668 g/mol. The van der Waals surface area contributed by atoms with Crippen LogP contribution in [0.3, 0.4) is 0 Å². The number of nitrogens with zero attached hydrogens (tertiary/aromatic N) is 2. The first-order valence-electron chi connectivity index (χ1n) is 18.2. The van der Waals surface area contributed by atoms with Crippen LogP contribution in [0, 0.1) is 0 Å². The van der Waals surface area contributed by atoms with Gasteiger partial charge in [-0.05, 0) is 96.8 Å². The summed E-state index contributed by atoms with van der Waals surface area (Å²) in [6.45, 7) is 5.96. The molecule has 2 atom stereocenters. The van der Waals surface area contributed by atoms with Gasteiger partial charge in [0.15, 0.2) is 0 Å². The molecule has 8 nitrogen and oxygen atoms in total. The molecule has 6 aliphatic rings. The third-order valence-corrected chi connectivity index (χ3v) is 10.4. The maximum absolute atomic E-state index is 5.53. The Labute approximate surface area is 294 Å². The lowest BCUT2D eigenvalue weighted by Crippen LogP contribution is -2.35. The molecule has 2 unspecified atom stereocenters. The van der Waals surface area contributed by atoms with Crippen LogP contribution in [0.5, 0.6) is 0 Å². The highest BCUT2D eigenvalue weighted by atomic mass is 16.5. The van der Waals surface area contributed by atoms with Gasteiger partial charge >= 0.3 is 0 Å². The number of anilines is 2. The second-order valence-electron chi connectivity index (χ2n) is 13.6. The van der Waals surface area contributed by atoms with Crippen LogP contribution in [0.1, 0.15) is 36.8 Å². The molecule has 2 aliphatic carbocycles.